The Morgan fingerprint density at radius 1 is 1.57 bits per heavy atom. The van der Waals surface area contributed by atoms with E-state index in [0.717, 1.165) is 0 Å². The second-order valence-corrected chi connectivity index (χ2v) is 5.50. The molecule has 1 radical (unpaired) electrons. The van der Waals surface area contributed by atoms with Gasteiger partial charge in [-0.1, -0.05) is 0 Å². The summed E-state index contributed by atoms with van der Waals surface area (Å²) in [4.78, 5) is 24.3. The summed E-state index contributed by atoms with van der Waals surface area (Å²) in [6.45, 7) is 1.33. The first kappa shape index (κ1) is 14.7. The molecule has 1 saturated heterocycles. The van der Waals surface area contributed by atoms with E-state index in [4.69, 9.17) is 9.84 Å². The Kier molecular flexibility index (Phi) is 3.64. The third-order valence-electron chi connectivity index (χ3n) is 3.37. The van der Waals surface area contributed by atoms with Crippen LogP contribution in [0.1, 0.15) is 5.69 Å². The van der Waals surface area contributed by atoms with E-state index in [1.54, 1.807) is 16.8 Å². The minimum absolute atomic E-state index is 0. The number of carbonyl (C=O) groups excluding carboxylic acids is 1. The van der Waals surface area contributed by atoms with Gasteiger partial charge in [0, 0.05) is 41.0 Å². The Bertz CT molecular complexity index is 690. The molecule has 1 fully saturated rings. The normalized spacial score (nSPS) is 23.9. The van der Waals surface area contributed by atoms with Crippen LogP contribution in [0, 0.1) is 0 Å². The molecular formula is C12H9N3NaO4S. The maximum Gasteiger partial charge on any atom is 0.353 e. The summed E-state index contributed by atoms with van der Waals surface area (Å²) >= 11 is 1.32. The van der Waals surface area contributed by atoms with Crippen molar-refractivity contribution in [3.8, 4) is 5.88 Å². The van der Waals surface area contributed by atoms with E-state index in [2.05, 4.69) is 5.10 Å². The number of fused-ring (bicyclic) bond motifs is 2. The Hall–Kier alpha value is -1.22. The number of amides is 1. The van der Waals surface area contributed by atoms with Crippen LogP contribution in [0.15, 0.2) is 22.7 Å². The monoisotopic (exact) mass is 314 g/mol. The van der Waals surface area contributed by atoms with Crippen LogP contribution in [0.4, 0.5) is 0 Å². The van der Waals surface area contributed by atoms with Crippen LogP contribution < -0.4 is 4.74 Å². The predicted molar refractivity (Wildman–Crippen MR) is 75.4 cm³/mol. The molecule has 0 aromatic carbocycles. The Labute approximate surface area is 145 Å². The van der Waals surface area contributed by atoms with Crippen LogP contribution in [0.3, 0.4) is 0 Å². The van der Waals surface area contributed by atoms with Crippen molar-refractivity contribution in [3.05, 3.63) is 28.4 Å². The van der Waals surface area contributed by atoms with Crippen molar-refractivity contribution in [2.45, 2.75) is 11.9 Å². The number of rotatable bonds is 2. The standard InChI is InChI=1S/C12H9N3O4S.Na/c16-10-7(11-15(10)8(5-20-11)12(17)18)3-6-4-9-14(13-6)1-2-19-9;/h3-5,11H,1-2H2,(H,17,18);/t11-;/m1./s1. The molecule has 0 unspecified atom stereocenters. The van der Waals surface area contributed by atoms with Gasteiger partial charge >= 0.3 is 5.97 Å². The van der Waals surface area contributed by atoms with Crippen LogP contribution in [0.2, 0.25) is 0 Å². The average Bonchev–Trinajstić information content (AvgIpc) is 3.07. The van der Waals surface area contributed by atoms with Gasteiger partial charge in [-0.2, -0.15) is 5.10 Å². The van der Waals surface area contributed by atoms with Crippen molar-refractivity contribution < 1.29 is 19.4 Å². The SMILES string of the molecule is O=C(O)C1=CS[C@@H]2C(=Cc3cc4n(n3)CCO4)C(=O)N12.[Na]. The minimum Gasteiger partial charge on any atom is -0.477 e. The number of carbonyl (C=O) groups is 2. The Morgan fingerprint density at radius 3 is 3.10 bits per heavy atom. The maximum absolute atomic E-state index is 12.0. The quantitative estimate of drug-likeness (QED) is 0.474. The fourth-order valence-electron chi connectivity index (χ4n) is 2.43. The number of β-lactam (4-membered cyclic amide) rings is 1. The topological polar surface area (TPSA) is 84.7 Å². The van der Waals surface area contributed by atoms with Crippen LogP contribution in [0.5, 0.6) is 5.88 Å². The van der Waals surface area contributed by atoms with Crippen molar-refractivity contribution in [1.82, 2.24) is 14.7 Å². The summed E-state index contributed by atoms with van der Waals surface area (Å²) in [5.74, 6) is -0.659. The number of carboxylic acid groups (broad SMARTS) is 1. The zero-order valence-corrected chi connectivity index (χ0v) is 14.0. The second-order valence-electron chi connectivity index (χ2n) is 4.55. The minimum atomic E-state index is -1.08. The van der Waals surface area contributed by atoms with Crippen LogP contribution in [0.25, 0.3) is 6.08 Å². The van der Waals surface area contributed by atoms with Gasteiger partial charge in [0.05, 0.1) is 17.8 Å². The number of nitrogens with zero attached hydrogens (tertiary/aromatic N) is 3. The van der Waals surface area contributed by atoms with Crippen LogP contribution in [-0.4, -0.2) is 73.2 Å². The molecule has 1 N–H and O–H groups in total. The first-order valence-corrected chi connectivity index (χ1v) is 6.94. The zero-order chi connectivity index (χ0) is 13.9. The van der Waals surface area contributed by atoms with E-state index in [1.807, 2.05) is 0 Å². The molecule has 0 saturated carbocycles. The number of hydrogen-bond acceptors (Lipinski definition) is 5. The molecule has 0 bridgehead atoms. The molecule has 0 aliphatic carbocycles. The molecule has 7 nitrogen and oxygen atoms in total. The van der Waals surface area contributed by atoms with E-state index in [0.29, 0.717) is 30.3 Å². The first-order chi connectivity index (χ1) is 9.65. The van der Waals surface area contributed by atoms with Crippen LogP contribution >= 0.6 is 11.8 Å². The summed E-state index contributed by atoms with van der Waals surface area (Å²) in [6, 6.07) is 1.78. The van der Waals surface area contributed by atoms with Gasteiger partial charge in [-0.15, -0.1) is 11.8 Å². The molecule has 4 heterocycles. The van der Waals surface area contributed by atoms with Crippen LogP contribution in [-0.2, 0) is 16.1 Å². The number of ether oxygens (including phenoxy) is 1. The molecule has 9 heteroatoms. The largest absolute Gasteiger partial charge is 0.477 e. The van der Waals surface area contributed by atoms with E-state index in [1.165, 1.54) is 22.1 Å². The molecule has 0 spiro atoms. The van der Waals surface area contributed by atoms with Crippen molar-refractivity contribution >= 4 is 59.3 Å². The smallest absolute Gasteiger partial charge is 0.353 e. The van der Waals surface area contributed by atoms with Gasteiger partial charge in [-0.25, -0.2) is 9.48 Å². The average molecular weight is 314 g/mol. The third kappa shape index (κ3) is 2.13. The molecule has 1 aromatic heterocycles. The molecule has 4 rings (SSSR count). The molecule has 21 heavy (non-hydrogen) atoms. The number of aliphatic carboxylic acids is 1. The molecule has 3 aliphatic heterocycles. The van der Waals surface area contributed by atoms with Gasteiger partial charge in [0.25, 0.3) is 5.91 Å². The van der Waals surface area contributed by atoms with Gasteiger partial charge < -0.3 is 9.84 Å². The summed E-state index contributed by atoms with van der Waals surface area (Å²) in [5, 5.41) is 14.6. The summed E-state index contributed by atoms with van der Waals surface area (Å²) in [5.41, 5.74) is 1.27. The fourth-order valence-corrected chi connectivity index (χ4v) is 3.55. The van der Waals surface area contributed by atoms with Gasteiger partial charge in [0.1, 0.15) is 17.7 Å². The number of aromatic nitrogens is 2. The van der Waals surface area contributed by atoms with Crippen molar-refractivity contribution in [1.29, 1.82) is 0 Å². The molecule has 1 amide bonds. The van der Waals surface area contributed by atoms with Gasteiger partial charge in [-0.3, -0.25) is 9.69 Å². The molecule has 1 atom stereocenters. The second kappa shape index (κ2) is 5.20. The van der Waals surface area contributed by atoms with Crippen molar-refractivity contribution in [2.75, 3.05) is 6.61 Å². The van der Waals surface area contributed by atoms with Gasteiger partial charge in [0.2, 0.25) is 5.88 Å². The molecule has 103 valence electrons. The van der Waals surface area contributed by atoms with E-state index in [9.17, 15) is 9.59 Å². The molecular weight excluding hydrogens is 305 g/mol. The van der Waals surface area contributed by atoms with E-state index < -0.39 is 5.97 Å². The van der Waals surface area contributed by atoms with E-state index >= 15 is 0 Å². The summed E-state index contributed by atoms with van der Waals surface area (Å²) in [7, 11) is 0. The zero-order valence-electron chi connectivity index (χ0n) is 11.1. The van der Waals surface area contributed by atoms with Gasteiger partial charge in [0.15, 0.2) is 0 Å². The third-order valence-corrected chi connectivity index (χ3v) is 4.45. The molecule has 3 aliphatic rings. The number of thioether (sulfide) groups is 1. The van der Waals surface area contributed by atoms with Gasteiger partial charge in [-0.05, 0) is 6.08 Å². The fraction of sp³-hybridized carbons (Fsp3) is 0.250. The first-order valence-electron chi connectivity index (χ1n) is 6.00. The summed E-state index contributed by atoms with van der Waals surface area (Å²) in [6.07, 6.45) is 1.70. The Balaban J connectivity index is 0.00000132. The van der Waals surface area contributed by atoms with E-state index in [-0.39, 0.29) is 46.5 Å². The molecule has 1 aromatic rings. The Morgan fingerprint density at radius 2 is 2.38 bits per heavy atom. The number of carboxylic acids is 1. The van der Waals surface area contributed by atoms with Crippen molar-refractivity contribution in [3.63, 3.8) is 0 Å². The maximum atomic E-state index is 12.0. The number of hydrogen-bond donors (Lipinski definition) is 1. The van der Waals surface area contributed by atoms with Crippen molar-refractivity contribution in [2.24, 2.45) is 0 Å². The predicted octanol–water partition coefficient (Wildman–Crippen LogP) is 0.119. The summed E-state index contributed by atoms with van der Waals surface area (Å²) < 4.78 is 7.10.